The molecule has 0 atom stereocenters. The molecule has 118 valence electrons. The quantitative estimate of drug-likeness (QED) is 0.866. The second-order valence-corrected chi connectivity index (χ2v) is 6.97. The monoisotopic (exact) mass is 298 g/mol. The van der Waals surface area contributed by atoms with Gasteiger partial charge in [0.25, 0.3) is 0 Å². The average molecular weight is 298 g/mol. The minimum absolute atomic E-state index is 0.108. The number of aryl methyl sites for hydroxylation is 2. The SMILES string of the molecule is Cc1cccc(-c2cc(O)c(C(C)(C)C)cc2CCCO)c1. The van der Waals surface area contributed by atoms with Crippen LogP contribution in [-0.4, -0.2) is 16.8 Å². The summed E-state index contributed by atoms with van der Waals surface area (Å²) < 4.78 is 0. The molecule has 0 aliphatic carbocycles. The molecule has 0 aromatic heterocycles. The van der Waals surface area contributed by atoms with Crippen LogP contribution in [-0.2, 0) is 11.8 Å². The molecule has 0 unspecified atom stereocenters. The average Bonchev–Trinajstić information content (AvgIpc) is 2.44. The Bertz CT molecular complexity index is 651. The zero-order valence-electron chi connectivity index (χ0n) is 14.0. The molecular formula is C20H26O2. The van der Waals surface area contributed by atoms with E-state index in [0.29, 0.717) is 5.75 Å². The van der Waals surface area contributed by atoms with Gasteiger partial charge in [0.15, 0.2) is 0 Å². The topological polar surface area (TPSA) is 40.5 Å². The lowest BCUT2D eigenvalue weighted by Gasteiger charge is -2.23. The van der Waals surface area contributed by atoms with Crippen LogP contribution in [0.15, 0.2) is 36.4 Å². The predicted octanol–water partition coefficient (Wildman–Crippen LogP) is 4.59. The first-order valence-electron chi connectivity index (χ1n) is 7.87. The summed E-state index contributed by atoms with van der Waals surface area (Å²) in [6.07, 6.45) is 1.54. The second kappa shape index (κ2) is 6.53. The molecule has 0 bridgehead atoms. The summed E-state index contributed by atoms with van der Waals surface area (Å²) in [6.45, 7) is 8.55. The number of hydrogen-bond donors (Lipinski definition) is 2. The Kier molecular flexibility index (Phi) is 4.92. The molecule has 0 radical (unpaired) electrons. The summed E-state index contributed by atoms with van der Waals surface area (Å²) in [4.78, 5) is 0. The Morgan fingerprint density at radius 1 is 1.05 bits per heavy atom. The van der Waals surface area contributed by atoms with Crippen LogP contribution in [0.2, 0.25) is 0 Å². The molecule has 2 rings (SSSR count). The van der Waals surface area contributed by atoms with E-state index in [2.05, 4.69) is 52.0 Å². The number of phenolic OH excluding ortho intramolecular Hbond substituents is 1. The van der Waals surface area contributed by atoms with Crippen molar-refractivity contribution in [2.75, 3.05) is 6.61 Å². The van der Waals surface area contributed by atoms with Gasteiger partial charge in [-0.2, -0.15) is 0 Å². The van der Waals surface area contributed by atoms with Crippen molar-refractivity contribution in [2.45, 2.75) is 46.0 Å². The van der Waals surface area contributed by atoms with Crippen molar-refractivity contribution < 1.29 is 10.2 Å². The Morgan fingerprint density at radius 2 is 1.77 bits per heavy atom. The van der Waals surface area contributed by atoms with Gasteiger partial charge in [0.2, 0.25) is 0 Å². The lowest BCUT2D eigenvalue weighted by molar-refractivity contribution is 0.288. The van der Waals surface area contributed by atoms with Crippen LogP contribution >= 0.6 is 0 Å². The summed E-state index contributed by atoms with van der Waals surface area (Å²) in [7, 11) is 0. The van der Waals surface area contributed by atoms with Crippen LogP contribution in [0.5, 0.6) is 5.75 Å². The van der Waals surface area contributed by atoms with E-state index in [-0.39, 0.29) is 12.0 Å². The van der Waals surface area contributed by atoms with Gasteiger partial charge in [-0.3, -0.25) is 0 Å². The van der Waals surface area contributed by atoms with Crippen molar-refractivity contribution in [2.24, 2.45) is 0 Å². The molecule has 0 saturated carbocycles. The highest BCUT2D eigenvalue weighted by atomic mass is 16.3. The molecule has 2 nitrogen and oxygen atoms in total. The molecule has 0 fully saturated rings. The van der Waals surface area contributed by atoms with Crippen molar-refractivity contribution in [1.29, 1.82) is 0 Å². The molecule has 0 aliphatic heterocycles. The third-order valence-electron chi connectivity index (χ3n) is 3.96. The van der Waals surface area contributed by atoms with Crippen molar-refractivity contribution >= 4 is 0 Å². The standard InChI is InChI=1S/C20H26O2/c1-14-7-5-8-15(11-14)17-13-19(22)18(20(2,3)4)12-16(17)9-6-10-21/h5,7-8,11-13,21-22H,6,9-10H2,1-4H3. The first-order valence-corrected chi connectivity index (χ1v) is 7.87. The number of aromatic hydroxyl groups is 1. The third kappa shape index (κ3) is 3.69. The molecule has 0 spiro atoms. The lowest BCUT2D eigenvalue weighted by Crippen LogP contribution is -2.12. The van der Waals surface area contributed by atoms with Crippen LogP contribution in [0.1, 0.15) is 43.9 Å². The number of rotatable bonds is 4. The van der Waals surface area contributed by atoms with Gasteiger partial charge in [-0.1, -0.05) is 56.7 Å². The van der Waals surface area contributed by atoms with Gasteiger partial charge in [0.05, 0.1) is 0 Å². The molecule has 0 heterocycles. The molecule has 2 N–H and O–H groups in total. The largest absolute Gasteiger partial charge is 0.508 e. The minimum atomic E-state index is -0.108. The van der Waals surface area contributed by atoms with E-state index in [4.69, 9.17) is 5.11 Å². The maximum absolute atomic E-state index is 10.5. The first kappa shape index (κ1) is 16.6. The number of phenols is 1. The molecule has 2 aromatic carbocycles. The zero-order valence-corrected chi connectivity index (χ0v) is 14.0. The number of aliphatic hydroxyl groups is 1. The van der Waals surface area contributed by atoms with Crippen LogP contribution in [0.3, 0.4) is 0 Å². The van der Waals surface area contributed by atoms with Crippen molar-refractivity contribution in [1.82, 2.24) is 0 Å². The van der Waals surface area contributed by atoms with Gasteiger partial charge in [-0.15, -0.1) is 0 Å². The van der Waals surface area contributed by atoms with E-state index >= 15 is 0 Å². The molecule has 22 heavy (non-hydrogen) atoms. The predicted molar refractivity (Wildman–Crippen MR) is 92.4 cm³/mol. The van der Waals surface area contributed by atoms with Crippen molar-refractivity contribution in [3.05, 3.63) is 53.1 Å². The molecule has 0 saturated heterocycles. The zero-order chi connectivity index (χ0) is 16.3. The molecule has 0 amide bonds. The van der Waals surface area contributed by atoms with E-state index in [9.17, 15) is 5.11 Å². The summed E-state index contributed by atoms with van der Waals surface area (Å²) in [5.41, 5.74) is 5.40. The first-order chi connectivity index (χ1) is 10.3. The van der Waals surface area contributed by atoms with Crippen LogP contribution in [0.4, 0.5) is 0 Å². The molecular weight excluding hydrogens is 272 g/mol. The van der Waals surface area contributed by atoms with E-state index < -0.39 is 0 Å². The highest BCUT2D eigenvalue weighted by Crippen LogP contribution is 2.37. The third-order valence-corrected chi connectivity index (χ3v) is 3.96. The van der Waals surface area contributed by atoms with E-state index in [1.807, 2.05) is 12.1 Å². The fourth-order valence-electron chi connectivity index (χ4n) is 2.79. The summed E-state index contributed by atoms with van der Waals surface area (Å²) in [5, 5.41) is 19.6. The maximum Gasteiger partial charge on any atom is 0.119 e. The second-order valence-electron chi connectivity index (χ2n) is 6.97. The Morgan fingerprint density at radius 3 is 2.36 bits per heavy atom. The van der Waals surface area contributed by atoms with Gasteiger partial charge in [0, 0.05) is 6.61 Å². The molecule has 0 aliphatic rings. The van der Waals surface area contributed by atoms with Crippen LogP contribution in [0.25, 0.3) is 11.1 Å². The minimum Gasteiger partial charge on any atom is -0.508 e. The fourth-order valence-corrected chi connectivity index (χ4v) is 2.79. The summed E-state index contributed by atoms with van der Waals surface area (Å²) in [5.74, 6) is 0.344. The normalized spacial score (nSPS) is 11.7. The van der Waals surface area contributed by atoms with Gasteiger partial charge in [-0.05, 0) is 53.5 Å². The maximum atomic E-state index is 10.5. The Hall–Kier alpha value is -1.80. The Labute approximate surface area is 133 Å². The van der Waals surface area contributed by atoms with E-state index in [0.717, 1.165) is 29.5 Å². The van der Waals surface area contributed by atoms with E-state index in [1.165, 1.54) is 11.1 Å². The van der Waals surface area contributed by atoms with Crippen LogP contribution < -0.4 is 0 Å². The highest BCUT2D eigenvalue weighted by Gasteiger charge is 2.20. The smallest absolute Gasteiger partial charge is 0.119 e. The van der Waals surface area contributed by atoms with Crippen molar-refractivity contribution in [3.8, 4) is 16.9 Å². The Balaban J connectivity index is 2.59. The number of benzene rings is 2. The molecule has 2 aromatic rings. The van der Waals surface area contributed by atoms with Crippen LogP contribution in [0, 0.1) is 6.92 Å². The number of aliphatic hydroxyl groups excluding tert-OH is 1. The van der Waals surface area contributed by atoms with Gasteiger partial charge < -0.3 is 10.2 Å². The number of hydrogen-bond acceptors (Lipinski definition) is 2. The van der Waals surface area contributed by atoms with Crippen molar-refractivity contribution in [3.63, 3.8) is 0 Å². The summed E-state index contributed by atoms with van der Waals surface area (Å²) in [6, 6.07) is 12.3. The van der Waals surface area contributed by atoms with Gasteiger partial charge in [0.1, 0.15) is 5.75 Å². The van der Waals surface area contributed by atoms with E-state index in [1.54, 1.807) is 0 Å². The highest BCUT2D eigenvalue weighted by molar-refractivity contribution is 5.71. The van der Waals surface area contributed by atoms with Gasteiger partial charge in [-0.25, -0.2) is 0 Å². The summed E-state index contributed by atoms with van der Waals surface area (Å²) >= 11 is 0. The van der Waals surface area contributed by atoms with Gasteiger partial charge >= 0.3 is 0 Å². The molecule has 2 heteroatoms. The fraction of sp³-hybridized carbons (Fsp3) is 0.400. The lowest BCUT2D eigenvalue weighted by atomic mass is 9.82.